The van der Waals surface area contributed by atoms with Crippen molar-refractivity contribution in [3.8, 4) is 17.2 Å². The second-order valence-electron chi connectivity index (χ2n) is 13.6. The van der Waals surface area contributed by atoms with E-state index in [0.717, 1.165) is 50.5 Å². The molecule has 3 rings (SSSR count). The molecular formula is C36H48GdN7O18-3. The van der Waals surface area contributed by atoms with Gasteiger partial charge in [0.1, 0.15) is 35.4 Å². The molecule has 3 heterocycles. The van der Waals surface area contributed by atoms with Gasteiger partial charge in [-0.3, -0.25) is 33.7 Å². The van der Waals surface area contributed by atoms with Gasteiger partial charge in [0.05, 0.1) is 57.8 Å². The minimum atomic E-state index is -1.65. The van der Waals surface area contributed by atoms with E-state index in [4.69, 9.17) is 15.3 Å². The average Bonchev–Trinajstić information content (AvgIpc) is 3.23. The van der Waals surface area contributed by atoms with Crippen LogP contribution in [0.3, 0.4) is 0 Å². The average molecular weight is 1020 g/mol. The van der Waals surface area contributed by atoms with Gasteiger partial charge in [-0.15, -0.1) is 0 Å². The van der Waals surface area contributed by atoms with Crippen LogP contribution in [0.5, 0.6) is 17.2 Å². The van der Waals surface area contributed by atoms with E-state index in [9.17, 15) is 74.7 Å². The Morgan fingerprint density at radius 1 is 0.500 bits per heavy atom. The standard InChI is InChI=1S/C36H51N7O18.Gd/c44-16-25(53)22(50)13-41-7-1-19(47)31(56)28(41)34(59)37-4-10-40(11-5-38-35(60)29-32(57)20(48)2-8-42(29)14-23(51)26(54)17-45)12-6-39-36(61)30-33(58)21(49)3-9-43(30)15-24(52)27(55)18-46;/h1-3,7-9,22-27,44-46,50-58H,4-6,10-18H2,(H,37,59)(H,38,60)(H,39,61);/p-3. The predicted molar refractivity (Wildman–Crippen MR) is 201 cm³/mol. The Morgan fingerprint density at radius 3 is 0.968 bits per heavy atom. The molecule has 0 fully saturated rings. The summed E-state index contributed by atoms with van der Waals surface area (Å²) in [6.07, 6.45) is -6.85. The van der Waals surface area contributed by atoms with E-state index in [-0.39, 0.29) is 79.2 Å². The normalized spacial score (nSPS) is 14.2. The summed E-state index contributed by atoms with van der Waals surface area (Å²) >= 11 is 0. The van der Waals surface area contributed by atoms with Crippen molar-refractivity contribution in [2.45, 2.75) is 56.3 Å². The van der Waals surface area contributed by atoms with Gasteiger partial charge in [0, 0.05) is 116 Å². The zero-order valence-corrected chi connectivity index (χ0v) is 35.0. The third kappa shape index (κ3) is 14.6. The number of aliphatic hydroxyl groups excluding tert-OH is 9. The molecule has 6 atom stereocenters. The predicted octanol–water partition coefficient (Wildman–Crippen LogP) is -9.57. The van der Waals surface area contributed by atoms with E-state index in [0.29, 0.717) is 0 Å². The maximum Gasteiger partial charge on any atom is 0.267 e. The fourth-order valence-electron chi connectivity index (χ4n) is 5.73. The quantitative estimate of drug-likeness (QED) is 0.0396. The molecule has 0 aliphatic rings. The summed E-state index contributed by atoms with van der Waals surface area (Å²) in [7, 11) is 0. The Labute approximate surface area is 383 Å². The molecule has 6 unspecified atom stereocenters. The molecular weight excluding hydrogens is 976 g/mol. The van der Waals surface area contributed by atoms with Crippen LogP contribution >= 0.6 is 0 Å². The number of nitrogens with zero attached hydrogens (tertiary/aromatic N) is 4. The van der Waals surface area contributed by atoms with E-state index in [1.807, 2.05) is 0 Å². The SMILES string of the molecule is O=C(NCCN(CCNC(=O)c1c([O-])c(=O)ccn1CC(O)C(O)CO)CCNC(=O)c1c([O-])c(=O)ccn1CC(O)C(O)CO)c1c([O-])c(=O)ccn1CC(O)C(O)CO.[Gd]. The van der Waals surface area contributed by atoms with Gasteiger partial charge in [0.25, 0.3) is 17.7 Å². The van der Waals surface area contributed by atoms with Gasteiger partial charge in [0.15, 0.2) is 16.3 Å². The van der Waals surface area contributed by atoms with Crippen LogP contribution in [-0.4, -0.2) is 178 Å². The summed E-state index contributed by atoms with van der Waals surface area (Å²) in [6.45, 7) is -5.61. The minimum Gasteiger partial charge on any atom is -0.868 e. The fourth-order valence-corrected chi connectivity index (χ4v) is 5.73. The first-order chi connectivity index (χ1) is 28.9. The van der Waals surface area contributed by atoms with Crippen LogP contribution in [0.15, 0.2) is 51.2 Å². The second kappa shape index (κ2) is 25.6. The van der Waals surface area contributed by atoms with Crippen molar-refractivity contribution in [1.82, 2.24) is 34.6 Å². The van der Waals surface area contributed by atoms with Crippen molar-refractivity contribution in [1.29, 1.82) is 0 Å². The van der Waals surface area contributed by atoms with Crippen LogP contribution in [0, 0.1) is 39.9 Å². The van der Waals surface area contributed by atoms with Crippen LogP contribution in [0.4, 0.5) is 0 Å². The maximum atomic E-state index is 13.2. The van der Waals surface area contributed by atoms with Gasteiger partial charge in [-0.2, -0.15) is 0 Å². The van der Waals surface area contributed by atoms with Gasteiger partial charge in [0.2, 0.25) is 0 Å². The van der Waals surface area contributed by atoms with Crippen molar-refractivity contribution in [3.63, 3.8) is 0 Å². The third-order valence-corrected chi connectivity index (χ3v) is 9.23. The largest absolute Gasteiger partial charge is 0.868 e. The van der Waals surface area contributed by atoms with Gasteiger partial charge in [-0.1, -0.05) is 0 Å². The molecule has 0 saturated heterocycles. The van der Waals surface area contributed by atoms with Crippen molar-refractivity contribution in [3.05, 3.63) is 84.5 Å². The Bertz CT molecular complexity index is 1910. The van der Waals surface area contributed by atoms with Crippen molar-refractivity contribution in [2.24, 2.45) is 0 Å². The summed E-state index contributed by atoms with van der Waals surface area (Å²) in [5.41, 5.74) is -5.37. The van der Waals surface area contributed by atoms with Crippen LogP contribution in [-0.2, 0) is 19.6 Å². The third-order valence-electron chi connectivity index (χ3n) is 9.23. The van der Waals surface area contributed by atoms with Crippen LogP contribution < -0.4 is 47.6 Å². The number of carbonyl (C=O) groups excluding carboxylic acids is 3. The molecule has 3 aromatic heterocycles. The van der Waals surface area contributed by atoms with E-state index in [1.54, 1.807) is 0 Å². The van der Waals surface area contributed by atoms with Crippen molar-refractivity contribution in [2.75, 3.05) is 59.1 Å². The monoisotopic (exact) mass is 1020 g/mol. The molecule has 3 aromatic rings. The second-order valence-corrected chi connectivity index (χ2v) is 13.6. The van der Waals surface area contributed by atoms with E-state index in [1.165, 1.54) is 4.90 Å². The van der Waals surface area contributed by atoms with Gasteiger partial charge in [-0.05, 0) is 17.2 Å². The molecule has 0 spiro atoms. The Kier molecular flexibility index (Phi) is 22.2. The van der Waals surface area contributed by atoms with E-state index >= 15 is 0 Å². The first kappa shape index (κ1) is 53.7. The summed E-state index contributed by atoms with van der Waals surface area (Å²) < 4.78 is 2.71. The Balaban J connectivity index is 0.0000132. The summed E-state index contributed by atoms with van der Waals surface area (Å²) in [6, 6.07) is 2.49. The molecule has 25 nitrogen and oxygen atoms in total. The first-order valence-electron chi connectivity index (χ1n) is 18.6. The molecule has 0 aliphatic carbocycles. The Hall–Kier alpha value is -4.42. The van der Waals surface area contributed by atoms with Gasteiger partial charge < -0.3 is 90.9 Å². The molecule has 0 aromatic carbocycles. The van der Waals surface area contributed by atoms with E-state index < -0.39 is 144 Å². The zero-order valence-electron chi connectivity index (χ0n) is 32.8. The number of nitrogens with one attached hydrogen (secondary N) is 3. The minimum absolute atomic E-state index is 0. The van der Waals surface area contributed by atoms with Crippen LogP contribution in [0.2, 0.25) is 0 Å². The molecule has 12 N–H and O–H groups in total. The van der Waals surface area contributed by atoms with Crippen molar-refractivity contribution >= 4 is 17.7 Å². The molecule has 3 amide bonds. The number of hydrogen-bond donors (Lipinski definition) is 12. The van der Waals surface area contributed by atoms with Gasteiger partial charge in [-0.25, -0.2) is 0 Å². The smallest absolute Gasteiger partial charge is 0.267 e. The van der Waals surface area contributed by atoms with Gasteiger partial charge >= 0.3 is 0 Å². The summed E-state index contributed by atoms with van der Waals surface area (Å²) in [5, 5.41) is 133. The number of amides is 3. The number of aromatic nitrogens is 3. The number of carbonyl (C=O) groups is 3. The summed E-state index contributed by atoms with van der Waals surface area (Å²) in [5.74, 6) is -7.02. The molecule has 0 radical (unpaired) electrons. The summed E-state index contributed by atoms with van der Waals surface area (Å²) in [4.78, 5) is 77.6. The number of pyridine rings is 3. The van der Waals surface area contributed by atoms with E-state index in [2.05, 4.69) is 16.0 Å². The maximum absolute atomic E-state index is 13.2. The first-order valence-corrected chi connectivity index (χ1v) is 18.6. The molecule has 0 aliphatic heterocycles. The molecule has 26 heteroatoms. The van der Waals surface area contributed by atoms with Crippen LogP contribution in [0.1, 0.15) is 31.5 Å². The number of rotatable bonds is 24. The van der Waals surface area contributed by atoms with Crippen LogP contribution in [0.25, 0.3) is 0 Å². The zero-order chi connectivity index (χ0) is 45.6. The topological polar surface area (TPSA) is 408 Å². The number of hydrogen-bond acceptors (Lipinski definition) is 19. The fraction of sp³-hybridized carbons (Fsp3) is 0.500. The molecule has 0 saturated carbocycles. The number of aliphatic hydroxyl groups is 9. The molecule has 0 bridgehead atoms. The molecule has 346 valence electrons. The van der Waals surface area contributed by atoms with Crippen molar-refractivity contribution < 1.29 is 116 Å². The molecule has 62 heavy (non-hydrogen) atoms. The Morgan fingerprint density at radius 2 is 0.742 bits per heavy atom.